The molecular weight excluding hydrogens is 252 g/mol. The van der Waals surface area contributed by atoms with Gasteiger partial charge in [0.25, 0.3) is 0 Å². The lowest BCUT2D eigenvalue weighted by molar-refractivity contribution is -0.133. The van der Waals surface area contributed by atoms with Gasteiger partial charge in [0, 0.05) is 26.2 Å². The Balaban J connectivity index is 1.98. The van der Waals surface area contributed by atoms with Crippen molar-refractivity contribution in [2.75, 3.05) is 13.2 Å². The summed E-state index contributed by atoms with van der Waals surface area (Å²) in [6.07, 6.45) is 2.68. The molecule has 4 nitrogen and oxygen atoms in total. The summed E-state index contributed by atoms with van der Waals surface area (Å²) in [6, 6.07) is 8.04. The standard InChI is InChI=1S/C16H24N2O2/c1-2-18(16(19)10-15-8-5-9-20-15)12-14-7-4-3-6-13(14)11-17/h3-4,6-7,15H,2,5,8-12,17H2,1H3. The monoisotopic (exact) mass is 276 g/mol. The van der Waals surface area contributed by atoms with Crippen LogP contribution in [0, 0.1) is 0 Å². The summed E-state index contributed by atoms with van der Waals surface area (Å²) < 4.78 is 5.55. The highest BCUT2D eigenvalue weighted by Gasteiger charge is 2.22. The van der Waals surface area contributed by atoms with Crippen LogP contribution in [0.4, 0.5) is 0 Å². The minimum Gasteiger partial charge on any atom is -0.378 e. The molecule has 1 amide bonds. The number of hydrogen-bond acceptors (Lipinski definition) is 3. The molecule has 1 saturated heterocycles. The number of nitrogens with two attached hydrogens (primary N) is 1. The molecule has 1 aliphatic heterocycles. The number of nitrogens with zero attached hydrogens (tertiary/aromatic N) is 1. The molecule has 1 unspecified atom stereocenters. The van der Waals surface area contributed by atoms with Crippen molar-refractivity contribution in [3.8, 4) is 0 Å². The van der Waals surface area contributed by atoms with Crippen molar-refractivity contribution in [3.63, 3.8) is 0 Å². The molecule has 1 aliphatic rings. The maximum absolute atomic E-state index is 12.3. The quantitative estimate of drug-likeness (QED) is 0.865. The number of carbonyl (C=O) groups excluding carboxylic acids is 1. The van der Waals surface area contributed by atoms with E-state index in [9.17, 15) is 4.79 Å². The molecule has 110 valence electrons. The van der Waals surface area contributed by atoms with Gasteiger partial charge in [-0.15, -0.1) is 0 Å². The number of ether oxygens (including phenoxy) is 1. The zero-order valence-electron chi connectivity index (χ0n) is 12.2. The Morgan fingerprint density at radius 3 is 2.75 bits per heavy atom. The number of rotatable bonds is 6. The summed E-state index contributed by atoms with van der Waals surface area (Å²) in [4.78, 5) is 14.2. The summed E-state index contributed by atoms with van der Waals surface area (Å²) in [5, 5.41) is 0. The highest BCUT2D eigenvalue weighted by molar-refractivity contribution is 5.76. The summed E-state index contributed by atoms with van der Waals surface area (Å²) in [6.45, 7) is 4.66. The summed E-state index contributed by atoms with van der Waals surface area (Å²) in [5.41, 5.74) is 8.00. The second-order valence-corrected chi connectivity index (χ2v) is 5.22. The van der Waals surface area contributed by atoms with Gasteiger partial charge in [0.2, 0.25) is 5.91 Å². The van der Waals surface area contributed by atoms with Crippen molar-refractivity contribution in [3.05, 3.63) is 35.4 Å². The van der Waals surface area contributed by atoms with E-state index in [0.29, 0.717) is 26.1 Å². The second-order valence-electron chi connectivity index (χ2n) is 5.22. The first-order valence-corrected chi connectivity index (χ1v) is 7.40. The first-order chi connectivity index (χ1) is 9.74. The van der Waals surface area contributed by atoms with Crippen LogP contribution < -0.4 is 5.73 Å². The number of hydrogen-bond donors (Lipinski definition) is 1. The molecule has 1 fully saturated rings. The Hall–Kier alpha value is -1.39. The molecule has 0 spiro atoms. The van der Waals surface area contributed by atoms with Crippen LogP contribution in [-0.4, -0.2) is 30.1 Å². The van der Waals surface area contributed by atoms with E-state index in [-0.39, 0.29) is 12.0 Å². The zero-order chi connectivity index (χ0) is 14.4. The van der Waals surface area contributed by atoms with Crippen LogP contribution in [0.15, 0.2) is 24.3 Å². The average Bonchev–Trinajstić information content (AvgIpc) is 2.97. The zero-order valence-corrected chi connectivity index (χ0v) is 12.2. The summed E-state index contributed by atoms with van der Waals surface area (Å²) in [7, 11) is 0. The van der Waals surface area contributed by atoms with Crippen molar-refractivity contribution in [2.45, 2.75) is 45.4 Å². The fourth-order valence-corrected chi connectivity index (χ4v) is 2.62. The minimum absolute atomic E-state index is 0.112. The van der Waals surface area contributed by atoms with Crippen LogP contribution in [0.1, 0.15) is 37.3 Å². The van der Waals surface area contributed by atoms with Gasteiger partial charge in [-0.25, -0.2) is 0 Å². The van der Waals surface area contributed by atoms with Crippen LogP contribution in [0.2, 0.25) is 0 Å². The third-order valence-corrected chi connectivity index (χ3v) is 3.86. The molecule has 0 radical (unpaired) electrons. The van der Waals surface area contributed by atoms with E-state index >= 15 is 0 Å². The second kappa shape index (κ2) is 7.41. The van der Waals surface area contributed by atoms with Gasteiger partial charge in [0.05, 0.1) is 12.5 Å². The Bertz CT molecular complexity index is 442. The van der Waals surface area contributed by atoms with Crippen molar-refractivity contribution < 1.29 is 9.53 Å². The van der Waals surface area contributed by atoms with Gasteiger partial charge in [-0.2, -0.15) is 0 Å². The molecule has 0 saturated carbocycles. The van der Waals surface area contributed by atoms with Gasteiger partial charge in [-0.05, 0) is 30.9 Å². The molecule has 1 aromatic carbocycles. The normalized spacial score (nSPS) is 18.2. The molecule has 1 heterocycles. The van der Waals surface area contributed by atoms with Gasteiger partial charge in [0.1, 0.15) is 0 Å². The molecule has 0 aromatic heterocycles. The van der Waals surface area contributed by atoms with Crippen molar-refractivity contribution in [2.24, 2.45) is 5.73 Å². The first-order valence-electron chi connectivity index (χ1n) is 7.40. The SMILES string of the molecule is CCN(Cc1ccccc1CN)C(=O)CC1CCCO1. The molecule has 0 bridgehead atoms. The van der Waals surface area contributed by atoms with E-state index in [1.54, 1.807) is 0 Å². The maximum Gasteiger partial charge on any atom is 0.225 e. The molecule has 1 aromatic rings. The fraction of sp³-hybridized carbons (Fsp3) is 0.562. The molecule has 4 heteroatoms. The van der Waals surface area contributed by atoms with Crippen LogP contribution in [0.5, 0.6) is 0 Å². The summed E-state index contributed by atoms with van der Waals surface area (Å²) >= 11 is 0. The molecule has 2 N–H and O–H groups in total. The van der Waals surface area contributed by atoms with E-state index in [2.05, 4.69) is 0 Å². The number of carbonyl (C=O) groups is 1. The highest BCUT2D eigenvalue weighted by atomic mass is 16.5. The lowest BCUT2D eigenvalue weighted by Crippen LogP contribution is -2.33. The van der Waals surface area contributed by atoms with Gasteiger partial charge in [0.15, 0.2) is 0 Å². The third-order valence-electron chi connectivity index (χ3n) is 3.86. The van der Waals surface area contributed by atoms with E-state index in [1.165, 1.54) is 0 Å². The lowest BCUT2D eigenvalue weighted by atomic mass is 10.1. The van der Waals surface area contributed by atoms with Gasteiger partial charge < -0.3 is 15.4 Å². The average molecular weight is 276 g/mol. The summed E-state index contributed by atoms with van der Waals surface area (Å²) in [5.74, 6) is 0.172. The Morgan fingerprint density at radius 2 is 2.15 bits per heavy atom. The minimum atomic E-state index is 0.112. The first kappa shape index (κ1) is 15.0. The van der Waals surface area contributed by atoms with E-state index in [1.807, 2.05) is 36.1 Å². The predicted octanol–water partition coefficient (Wildman–Crippen LogP) is 2.06. The largest absolute Gasteiger partial charge is 0.378 e. The number of benzene rings is 1. The van der Waals surface area contributed by atoms with Crippen LogP contribution in [0.3, 0.4) is 0 Å². The molecule has 2 rings (SSSR count). The Kier molecular flexibility index (Phi) is 5.56. The van der Waals surface area contributed by atoms with Crippen LogP contribution >= 0.6 is 0 Å². The van der Waals surface area contributed by atoms with Crippen molar-refractivity contribution in [1.29, 1.82) is 0 Å². The predicted molar refractivity (Wildman–Crippen MR) is 79.0 cm³/mol. The van der Waals surface area contributed by atoms with E-state index in [4.69, 9.17) is 10.5 Å². The van der Waals surface area contributed by atoms with E-state index in [0.717, 1.165) is 30.6 Å². The maximum atomic E-state index is 12.3. The van der Waals surface area contributed by atoms with Crippen molar-refractivity contribution in [1.82, 2.24) is 4.90 Å². The molecule has 20 heavy (non-hydrogen) atoms. The van der Waals surface area contributed by atoms with Gasteiger partial charge in [-0.3, -0.25) is 4.79 Å². The fourth-order valence-electron chi connectivity index (χ4n) is 2.62. The molecular formula is C16H24N2O2. The third kappa shape index (κ3) is 3.81. The molecule has 0 aliphatic carbocycles. The highest BCUT2D eigenvalue weighted by Crippen LogP contribution is 2.18. The van der Waals surface area contributed by atoms with Gasteiger partial charge in [-0.1, -0.05) is 24.3 Å². The van der Waals surface area contributed by atoms with Crippen LogP contribution in [0.25, 0.3) is 0 Å². The topological polar surface area (TPSA) is 55.6 Å². The van der Waals surface area contributed by atoms with Crippen LogP contribution in [-0.2, 0) is 22.6 Å². The molecule has 1 atom stereocenters. The Morgan fingerprint density at radius 1 is 1.40 bits per heavy atom. The smallest absolute Gasteiger partial charge is 0.225 e. The van der Waals surface area contributed by atoms with E-state index < -0.39 is 0 Å². The number of amides is 1. The lowest BCUT2D eigenvalue weighted by Gasteiger charge is -2.23. The van der Waals surface area contributed by atoms with Crippen molar-refractivity contribution >= 4 is 5.91 Å². The van der Waals surface area contributed by atoms with Gasteiger partial charge >= 0.3 is 0 Å². The Labute approximate surface area is 120 Å².